The molecule has 0 spiro atoms. The van der Waals surface area contributed by atoms with Crippen LogP contribution < -0.4 is 15.6 Å². The van der Waals surface area contributed by atoms with Gasteiger partial charge in [-0.25, -0.2) is 0 Å². The van der Waals surface area contributed by atoms with Crippen molar-refractivity contribution < 1.29 is 24.2 Å². The molecule has 0 atom stereocenters. The number of nitrogens with zero attached hydrogens (tertiary/aromatic N) is 2. The van der Waals surface area contributed by atoms with Crippen LogP contribution in [0.2, 0.25) is 0 Å². The van der Waals surface area contributed by atoms with Crippen LogP contribution in [0.3, 0.4) is 0 Å². The number of nitrogens with one attached hydrogen (secondary N) is 1. The molecule has 2 aromatic rings. The highest BCUT2D eigenvalue weighted by atomic mass is 16.5. The van der Waals surface area contributed by atoms with Gasteiger partial charge in [0.15, 0.2) is 5.75 Å². The zero-order chi connectivity index (χ0) is 20.3. The lowest BCUT2D eigenvalue weighted by atomic mass is 10.0. The van der Waals surface area contributed by atoms with E-state index in [9.17, 15) is 24.8 Å². The number of hydrogen-bond acceptors (Lipinski definition) is 7. The first-order chi connectivity index (χ1) is 13.5. The summed E-state index contributed by atoms with van der Waals surface area (Å²) in [5, 5.41) is 22.3. The van der Waals surface area contributed by atoms with Crippen LogP contribution in [0.4, 0.5) is 0 Å². The van der Waals surface area contributed by atoms with Gasteiger partial charge < -0.3 is 24.5 Å². The van der Waals surface area contributed by atoms with Gasteiger partial charge in [-0.05, 0) is 18.6 Å². The topological polar surface area (TPSA) is 131 Å². The second kappa shape index (κ2) is 8.00. The van der Waals surface area contributed by atoms with Gasteiger partial charge in [-0.1, -0.05) is 13.3 Å². The van der Waals surface area contributed by atoms with Crippen LogP contribution in [0.15, 0.2) is 16.9 Å². The summed E-state index contributed by atoms with van der Waals surface area (Å²) in [6.45, 7) is 2.10. The van der Waals surface area contributed by atoms with Gasteiger partial charge in [0, 0.05) is 5.39 Å². The monoisotopic (exact) mass is 385 g/mol. The molecule has 1 amide bonds. The van der Waals surface area contributed by atoms with Crippen molar-refractivity contribution in [1.82, 2.24) is 9.88 Å². The van der Waals surface area contributed by atoms with Gasteiger partial charge in [0.2, 0.25) is 0 Å². The Bertz CT molecular complexity index is 1050. The van der Waals surface area contributed by atoms with Gasteiger partial charge in [0.25, 0.3) is 11.5 Å². The van der Waals surface area contributed by atoms with Crippen molar-refractivity contribution in [3.63, 3.8) is 0 Å². The lowest BCUT2D eigenvalue weighted by Gasteiger charge is -2.22. The molecular formula is C19H19N3O6. The van der Waals surface area contributed by atoms with Gasteiger partial charge in [0.05, 0.1) is 24.2 Å². The number of benzene rings is 1. The van der Waals surface area contributed by atoms with E-state index in [1.165, 1.54) is 16.7 Å². The average Bonchev–Trinajstić information content (AvgIpc) is 2.70. The first kappa shape index (κ1) is 19.2. The zero-order valence-electron chi connectivity index (χ0n) is 15.3. The number of nitriles is 1. The second-order valence-electron chi connectivity index (χ2n) is 6.24. The van der Waals surface area contributed by atoms with Crippen LogP contribution >= 0.6 is 0 Å². The highest BCUT2D eigenvalue weighted by Crippen LogP contribution is 2.36. The van der Waals surface area contributed by atoms with Gasteiger partial charge in [-0.2, -0.15) is 5.26 Å². The lowest BCUT2D eigenvalue weighted by molar-refractivity contribution is -0.142. The van der Waals surface area contributed by atoms with Crippen molar-refractivity contribution in [3.05, 3.63) is 33.6 Å². The van der Waals surface area contributed by atoms with Crippen molar-refractivity contribution >= 4 is 22.8 Å². The summed E-state index contributed by atoms with van der Waals surface area (Å²) in [4.78, 5) is 36.9. The third kappa shape index (κ3) is 3.36. The first-order valence-electron chi connectivity index (χ1n) is 8.88. The summed E-state index contributed by atoms with van der Waals surface area (Å²) in [5.41, 5.74) is -0.692. The van der Waals surface area contributed by atoms with Crippen LogP contribution in [0.5, 0.6) is 11.5 Å². The van der Waals surface area contributed by atoms with E-state index in [0.717, 1.165) is 6.42 Å². The molecule has 0 fully saturated rings. The first-order valence-corrected chi connectivity index (χ1v) is 8.88. The minimum Gasteiger partial charge on any atom is -0.506 e. The molecule has 1 aromatic carbocycles. The van der Waals surface area contributed by atoms with E-state index in [2.05, 4.69) is 5.32 Å². The van der Waals surface area contributed by atoms with Gasteiger partial charge in [-0.15, -0.1) is 0 Å². The smallest absolute Gasteiger partial charge is 0.325 e. The number of carbonyl (C=O) groups is 2. The van der Waals surface area contributed by atoms with E-state index in [4.69, 9.17) is 9.47 Å². The Kier molecular flexibility index (Phi) is 5.49. The molecule has 0 saturated heterocycles. The number of hydrogen-bond donors (Lipinski definition) is 2. The largest absolute Gasteiger partial charge is 0.506 e. The molecule has 1 aliphatic rings. The Morgan fingerprint density at radius 1 is 1.43 bits per heavy atom. The maximum atomic E-state index is 12.8. The Labute approximate surface area is 160 Å². The fourth-order valence-electron chi connectivity index (χ4n) is 3.02. The maximum Gasteiger partial charge on any atom is 0.325 e. The number of ether oxygens (including phenoxy) is 2. The van der Waals surface area contributed by atoms with Crippen molar-refractivity contribution in [1.29, 1.82) is 5.26 Å². The predicted molar refractivity (Wildman–Crippen MR) is 98.3 cm³/mol. The van der Waals surface area contributed by atoms with Crippen LogP contribution in [0, 0.1) is 11.3 Å². The molecular weight excluding hydrogens is 366 g/mol. The second-order valence-corrected chi connectivity index (χ2v) is 6.24. The molecule has 0 saturated carbocycles. The summed E-state index contributed by atoms with van der Waals surface area (Å²) >= 11 is 0. The molecule has 9 heteroatoms. The highest BCUT2D eigenvalue weighted by molar-refractivity contribution is 6.04. The molecule has 146 valence electrons. The fourth-order valence-corrected chi connectivity index (χ4v) is 3.02. The molecule has 0 radical (unpaired) electrons. The van der Waals surface area contributed by atoms with E-state index in [1.807, 2.05) is 13.0 Å². The summed E-state index contributed by atoms with van der Waals surface area (Å²) in [5.74, 6) is -1.83. The summed E-state index contributed by atoms with van der Waals surface area (Å²) < 4.78 is 11.7. The number of pyridine rings is 1. The van der Waals surface area contributed by atoms with Gasteiger partial charge >= 0.3 is 5.97 Å². The Morgan fingerprint density at radius 3 is 2.93 bits per heavy atom. The summed E-state index contributed by atoms with van der Waals surface area (Å²) in [6, 6.07) is 4.88. The number of aromatic hydroxyl groups is 1. The Balaban J connectivity index is 1.95. The minimum absolute atomic E-state index is 0.149. The average molecular weight is 385 g/mol. The third-order valence-electron chi connectivity index (χ3n) is 4.42. The molecule has 3 rings (SSSR count). The molecule has 0 unspecified atom stereocenters. The van der Waals surface area contributed by atoms with Crippen LogP contribution in [0.25, 0.3) is 10.9 Å². The number of carbonyl (C=O) groups excluding carboxylic acids is 2. The quantitative estimate of drug-likeness (QED) is 0.561. The van der Waals surface area contributed by atoms with Crippen molar-refractivity contribution in [2.75, 3.05) is 19.8 Å². The zero-order valence-corrected chi connectivity index (χ0v) is 15.3. The van der Waals surface area contributed by atoms with Crippen LogP contribution in [-0.4, -0.2) is 41.3 Å². The number of amides is 1. The third-order valence-corrected chi connectivity index (χ3v) is 4.42. The van der Waals surface area contributed by atoms with Crippen molar-refractivity contribution in [3.8, 4) is 17.6 Å². The molecule has 1 aromatic heterocycles. The van der Waals surface area contributed by atoms with Crippen LogP contribution in [0.1, 0.15) is 35.7 Å². The molecule has 1 aliphatic heterocycles. The predicted octanol–water partition coefficient (Wildman–Crippen LogP) is 1.04. The number of rotatable bonds is 6. The summed E-state index contributed by atoms with van der Waals surface area (Å²) in [7, 11) is 0. The normalized spacial score (nSPS) is 12.1. The van der Waals surface area contributed by atoms with E-state index in [-0.39, 0.29) is 42.0 Å². The summed E-state index contributed by atoms with van der Waals surface area (Å²) in [6.07, 6.45) is 1.58. The standard InChI is InChI=1S/C19H19N3O6/c1-2-3-7-27-13(23)10-21-18(25)14-16(24)12-5-4-11(9-20)17-15(12)22(19(14)26)6-8-28-17/h4-5,24H,2-3,6-8,10H2,1H3,(H,21,25). The molecule has 2 N–H and O–H groups in total. The molecule has 0 bridgehead atoms. The van der Waals surface area contributed by atoms with Crippen LogP contribution in [-0.2, 0) is 16.1 Å². The maximum absolute atomic E-state index is 12.8. The van der Waals surface area contributed by atoms with Crippen molar-refractivity contribution in [2.24, 2.45) is 0 Å². The highest BCUT2D eigenvalue weighted by Gasteiger charge is 2.27. The van der Waals surface area contributed by atoms with E-state index in [1.54, 1.807) is 0 Å². The van der Waals surface area contributed by atoms with Crippen molar-refractivity contribution in [2.45, 2.75) is 26.3 Å². The Morgan fingerprint density at radius 2 is 2.21 bits per heavy atom. The van der Waals surface area contributed by atoms with E-state index in [0.29, 0.717) is 6.42 Å². The number of unbranched alkanes of at least 4 members (excludes halogenated alkanes) is 1. The molecule has 2 heterocycles. The van der Waals surface area contributed by atoms with E-state index >= 15 is 0 Å². The number of aromatic nitrogens is 1. The minimum atomic E-state index is -0.877. The lowest BCUT2D eigenvalue weighted by Crippen LogP contribution is -2.37. The molecule has 0 aliphatic carbocycles. The molecule has 28 heavy (non-hydrogen) atoms. The molecule has 9 nitrogen and oxygen atoms in total. The van der Waals surface area contributed by atoms with Gasteiger partial charge in [-0.3, -0.25) is 14.4 Å². The fraction of sp³-hybridized carbons (Fsp3) is 0.368. The SMILES string of the molecule is CCCCOC(=O)CNC(=O)c1c(O)c2ccc(C#N)c3c2n(c1=O)CCO3. The number of esters is 1. The van der Waals surface area contributed by atoms with Gasteiger partial charge in [0.1, 0.15) is 30.5 Å². The van der Waals surface area contributed by atoms with E-state index < -0.39 is 35.3 Å². The Hall–Kier alpha value is -3.54.